The molecule has 0 aliphatic rings. The highest BCUT2D eigenvalue weighted by atomic mass is 19.1. The zero-order valence-corrected chi connectivity index (χ0v) is 14.6. The van der Waals surface area contributed by atoms with Crippen LogP contribution in [0.25, 0.3) is 22.0 Å². The van der Waals surface area contributed by atoms with Gasteiger partial charge in [0.25, 0.3) is 5.91 Å². The number of rotatable bonds is 5. The molecule has 1 heterocycles. The molecule has 0 spiro atoms. The molecular formula is C19H19FN4O2. The fourth-order valence-electron chi connectivity index (χ4n) is 2.76. The smallest absolute Gasteiger partial charge is 0.288 e. The van der Waals surface area contributed by atoms with Gasteiger partial charge in [-0.25, -0.2) is 10.2 Å². The zero-order valence-electron chi connectivity index (χ0n) is 14.6. The lowest BCUT2D eigenvalue weighted by molar-refractivity contribution is 0.0748. The maximum absolute atomic E-state index is 14.6. The average molecular weight is 354 g/mol. The third-order valence-corrected chi connectivity index (χ3v) is 4.04. The van der Waals surface area contributed by atoms with Crippen LogP contribution in [0.1, 0.15) is 23.8 Å². The molecule has 3 rings (SSSR count). The normalized spacial score (nSPS) is 10.8. The molecule has 0 fully saturated rings. The number of methoxy groups -OCH3 is 1. The summed E-state index contributed by atoms with van der Waals surface area (Å²) in [4.78, 5) is 12.3. The van der Waals surface area contributed by atoms with E-state index in [9.17, 15) is 9.18 Å². The lowest BCUT2D eigenvalue weighted by Gasteiger charge is -2.15. The summed E-state index contributed by atoms with van der Waals surface area (Å²) in [6, 6.07) is 11.8. The molecule has 0 atom stereocenters. The van der Waals surface area contributed by atoms with Gasteiger partial charge in [-0.2, -0.15) is 0 Å². The van der Waals surface area contributed by atoms with Crippen molar-refractivity contribution in [2.75, 3.05) is 13.7 Å². The molecule has 1 amide bonds. The largest absolute Gasteiger partial charge is 0.494 e. The van der Waals surface area contributed by atoms with Crippen molar-refractivity contribution in [2.24, 2.45) is 5.84 Å². The standard InChI is InChI=1S/C19H19FN4O2/c1-3-10-24(21)19(25)15-11-12-6-4-8-14(18(12)23-22-15)13-7-5-9-16(26-2)17(13)20/h4-9,11H,3,10,21H2,1-2H3. The van der Waals surface area contributed by atoms with Gasteiger partial charge in [0.1, 0.15) is 5.52 Å². The van der Waals surface area contributed by atoms with Gasteiger partial charge in [0, 0.05) is 23.1 Å². The number of ether oxygens (including phenoxy) is 1. The van der Waals surface area contributed by atoms with Crippen LogP contribution in [0.15, 0.2) is 42.5 Å². The van der Waals surface area contributed by atoms with Crippen molar-refractivity contribution in [1.82, 2.24) is 15.2 Å². The molecule has 7 heteroatoms. The van der Waals surface area contributed by atoms with Gasteiger partial charge in [0.2, 0.25) is 0 Å². The Bertz CT molecular complexity index is 961. The van der Waals surface area contributed by atoms with E-state index < -0.39 is 11.7 Å². The first-order chi connectivity index (χ1) is 12.6. The van der Waals surface area contributed by atoms with Gasteiger partial charge in [-0.15, -0.1) is 10.2 Å². The molecule has 2 N–H and O–H groups in total. The first-order valence-corrected chi connectivity index (χ1v) is 8.22. The fourth-order valence-corrected chi connectivity index (χ4v) is 2.76. The molecule has 0 aliphatic carbocycles. The molecule has 1 aromatic heterocycles. The summed E-state index contributed by atoms with van der Waals surface area (Å²) < 4.78 is 19.7. The summed E-state index contributed by atoms with van der Waals surface area (Å²) in [6.45, 7) is 2.35. The monoisotopic (exact) mass is 354 g/mol. The summed E-state index contributed by atoms with van der Waals surface area (Å²) in [5.41, 5.74) is 1.57. The molecule has 26 heavy (non-hydrogen) atoms. The topological polar surface area (TPSA) is 81.3 Å². The van der Waals surface area contributed by atoms with E-state index in [2.05, 4.69) is 10.2 Å². The number of carbonyl (C=O) groups excluding carboxylic acids is 1. The second-order valence-corrected chi connectivity index (χ2v) is 5.79. The number of benzene rings is 2. The van der Waals surface area contributed by atoms with Gasteiger partial charge in [0.15, 0.2) is 17.3 Å². The van der Waals surface area contributed by atoms with Gasteiger partial charge in [-0.3, -0.25) is 9.80 Å². The van der Waals surface area contributed by atoms with Crippen molar-refractivity contribution in [3.63, 3.8) is 0 Å². The maximum Gasteiger partial charge on any atom is 0.288 e. The maximum atomic E-state index is 14.6. The van der Waals surface area contributed by atoms with Gasteiger partial charge in [-0.1, -0.05) is 37.3 Å². The predicted molar refractivity (Wildman–Crippen MR) is 97.0 cm³/mol. The van der Waals surface area contributed by atoms with Crippen molar-refractivity contribution in [1.29, 1.82) is 0 Å². The number of hydrogen-bond acceptors (Lipinski definition) is 5. The van der Waals surface area contributed by atoms with E-state index >= 15 is 0 Å². The molecule has 134 valence electrons. The summed E-state index contributed by atoms with van der Waals surface area (Å²) in [5.74, 6) is 5.00. The number of fused-ring (bicyclic) bond motifs is 1. The number of hydrogen-bond donors (Lipinski definition) is 1. The Kier molecular flexibility index (Phi) is 5.09. The second-order valence-electron chi connectivity index (χ2n) is 5.79. The Hall–Kier alpha value is -3.06. The number of hydrazine groups is 1. The third-order valence-electron chi connectivity index (χ3n) is 4.04. The van der Waals surface area contributed by atoms with Crippen LogP contribution in [0.4, 0.5) is 4.39 Å². The number of nitrogens with zero attached hydrogens (tertiary/aromatic N) is 3. The van der Waals surface area contributed by atoms with E-state index in [1.165, 1.54) is 7.11 Å². The Labute approximate surface area is 150 Å². The number of amides is 1. The summed E-state index contributed by atoms with van der Waals surface area (Å²) in [5, 5.41) is 9.94. The zero-order chi connectivity index (χ0) is 18.7. The van der Waals surface area contributed by atoms with Gasteiger partial charge in [-0.05, 0) is 18.6 Å². The van der Waals surface area contributed by atoms with E-state index in [4.69, 9.17) is 10.6 Å². The molecular weight excluding hydrogens is 335 g/mol. The molecule has 0 radical (unpaired) electrons. The van der Waals surface area contributed by atoms with Crippen LogP contribution in [0.5, 0.6) is 5.75 Å². The Morgan fingerprint density at radius 3 is 2.65 bits per heavy atom. The van der Waals surface area contributed by atoms with Crippen LogP contribution < -0.4 is 10.6 Å². The molecule has 0 bridgehead atoms. The first kappa shape index (κ1) is 17.8. The van der Waals surface area contributed by atoms with E-state index in [0.29, 0.717) is 28.6 Å². The lowest BCUT2D eigenvalue weighted by atomic mass is 10.0. The van der Waals surface area contributed by atoms with Crippen molar-refractivity contribution in [3.05, 3.63) is 54.0 Å². The van der Waals surface area contributed by atoms with Gasteiger partial charge in [0.05, 0.1) is 7.11 Å². The van der Waals surface area contributed by atoms with Crippen molar-refractivity contribution in [2.45, 2.75) is 13.3 Å². The number of nitrogens with two attached hydrogens (primary N) is 1. The van der Waals surface area contributed by atoms with E-state index in [1.54, 1.807) is 42.5 Å². The third kappa shape index (κ3) is 3.21. The van der Waals surface area contributed by atoms with Crippen molar-refractivity contribution < 1.29 is 13.9 Å². The highest BCUT2D eigenvalue weighted by molar-refractivity contribution is 5.98. The van der Waals surface area contributed by atoms with Crippen LogP contribution in [0.3, 0.4) is 0 Å². The van der Waals surface area contributed by atoms with Crippen molar-refractivity contribution >= 4 is 16.8 Å². The Morgan fingerprint density at radius 2 is 1.92 bits per heavy atom. The second kappa shape index (κ2) is 7.45. The first-order valence-electron chi connectivity index (χ1n) is 8.22. The molecule has 0 aliphatic heterocycles. The molecule has 2 aromatic carbocycles. The number of carbonyl (C=O) groups is 1. The Morgan fingerprint density at radius 1 is 1.19 bits per heavy atom. The summed E-state index contributed by atoms with van der Waals surface area (Å²) in [7, 11) is 1.41. The number of halogens is 1. The van der Waals surface area contributed by atoms with Crippen LogP contribution in [-0.4, -0.2) is 34.8 Å². The van der Waals surface area contributed by atoms with E-state index in [0.717, 1.165) is 11.4 Å². The molecule has 0 saturated heterocycles. The fraction of sp³-hybridized carbons (Fsp3) is 0.211. The molecule has 0 saturated carbocycles. The van der Waals surface area contributed by atoms with Gasteiger partial charge < -0.3 is 4.74 Å². The molecule has 3 aromatic rings. The van der Waals surface area contributed by atoms with E-state index in [1.807, 2.05) is 6.92 Å². The van der Waals surface area contributed by atoms with Crippen LogP contribution in [-0.2, 0) is 0 Å². The van der Waals surface area contributed by atoms with Gasteiger partial charge >= 0.3 is 0 Å². The minimum Gasteiger partial charge on any atom is -0.494 e. The Balaban J connectivity index is 2.09. The van der Waals surface area contributed by atoms with E-state index in [-0.39, 0.29) is 11.4 Å². The minimum atomic E-state index is -0.472. The average Bonchev–Trinajstić information content (AvgIpc) is 2.67. The lowest BCUT2D eigenvalue weighted by Crippen LogP contribution is -2.38. The predicted octanol–water partition coefficient (Wildman–Crippen LogP) is 3.17. The molecule has 6 nitrogen and oxygen atoms in total. The highest BCUT2D eigenvalue weighted by Gasteiger charge is 2.17. The molecule has 0 unspecified atom stereocenters. The highest BCUT2D eigenvalue weighted by Crippen LogP contribution is 2.32. The summed E-state index contributed by atoms with van der Waals surface area (Å²) >= 11 is 0. The number of aromatic nitrogens is 2. The quantitative estimate of drug-likeness (QED) is 0.432. The van der Waals surface area contributed by atoms with Crippen molar-refractivity contribution in [3.8, 4) is 16.9 Å². The summed E-state index contributed by atoms with van der Waals surface area (Å²) in [6.07, 6.45) is 0.739. The van der Waals surface area contributed by atoms with Crippen LogP contribution >= 0.6 is 0 Å². The van der Waals surface area contributed by atoms with Crippen LogP contribution in [0, 0.1) is 5.82 Å². The SMILES string of the molecule is CCCN(N)C(=O)c1cc2cccc(-c3cccc(OC)c3F)c2nn1. The van der Waals surface area contributed by atoms with Crippen LogP contribution in [0.2, 0.25) is 0 Å². The minimum absolute atomic E-state index is 0.150.